The van der Waals surface area contributed by atoms with E-state index in [0.717, 1.165) is 39.4 Å². The number of aromatic nitrogens is 3. The van der Waals surface area contributed by atoms with E-state index in [1.54, 1.807) is 51.9 Å². The van der Waals surface area contributed by atoms with Crippen LogP contribution in [0.2, 0.25) is 0 Å². The number of halogens is 1. The van der Waals surface area contributed by atoms with Crippen molar-refractivity contribution in [1.82, 2.24) is 28.8 Å². The summed E-state index contributed by atoms with van der Waals surface area (Å²) >= 11 is 0. The number of likely N-dealkylation sites (tertiary alicyclic amines) is 1. The molecule has 7 rings (SSSR count). The number of carbonyl (C=O) groups is 1. The van der Waals surface area contributed by atoms with Gasteiger partial charge in [-0.25, -0.2) is 14.2 Å². The molecule has 3 aliphatic heterocycles. The first kappa shape index (κ1) is 33.5. The fraction of sp³-hybridized carbons (Fsp3) is 0.405. The summed E-state index contributed by atoms with van der Waals surface area (Å²) in [6, 6.07) is 17.1. The van der Waals surface area contributed by atoms with Gasteiger partial charge in [0.15, 0.2) is 11.6 Å². The number of hydrogen-bond donors (Lipinski definition) is 1. The van der Waals surface area contributed by atoms with E-state index in [9.17, 15) is 14.9 Å². The lowest BCUT2D eigenvalue weighted by atomic mass is 9.96. The number of fused-ring (bicyclic) bond motifs is 1. The Hall–Kier alpha value is -5.03. The highest BCUT2D eigenvalue weighted by molar-refractivity contribution is 5.97. The summed E-state index contributed by atoms with van der Waals surface area (Å²) in [5.41, 5.74) is 6.62. The van der Waals surface area contributed by atoms with Gasteiger partial charge in [-0.2, -0.15) is 5.26 Å². The number of nitrogens with two attached hydrogens (primary N) is 1. The Morgan fingerprint density at radius 3 is 2.52 bits per heavy atom. The fourth-order valence-corrected chi connectivity index (χ4v) is 7.31. The van der Waals surface area contributed by atoms with E-state index in [-0.39, 0.29) is 35.3 Å². The molecule has 0 spiro atoms. The quantitative estimate of drug-likeness (QED) is 0.216. The second kappa shape index (κ2) is 13.7. The van der Waals surface area contributed by atoms with Gasteiger partial charge < -0.3 is 20.1 Å². The molecule has 13 heteroatoms. The number of piperidine rings is 1. The molecule has 1 amide bonds. The fourth-order valence-electron chi connectivity index (χ4n) is 7.31. The average Bonchev–Trinajstić information content (AvgIpc) is 3.40. The van der Waals surface area contributed by atoms with Crippen LogP contribution in [0, 0.1) is 17.1 Å². The van der Waals surface area contributed by atoms with E-state index < -0.39 is 23.1 Å². The number of nitrogens with zero attached hydrogens (tertiary/aromatic N) is 7. The first-order valence-electron chi connectivity index (χ1n) is 17.0. The zero-order chi connectivity index (χ0) is 35.0. The number of para-hydroxylation sites is 1. The van der Waals surface area contributed by atoms with Crippen LogP contribution in [0.4, 0.5) is 10.2 Å². The summed E-state index contributed by atoms with van der Waals surface area (Å²) in [6.07, 6.45) is 4.56. The molecule has 2 aromatic carbocycles. The molecule has 12 nitrogen and oxygen atoms in total. The maximum Gasteiger partial charge on any atom is 0.334 e. The van der Waals surface area contributed by atoms with Crippen molar-refractivity contribution < 1.29 is 18.7 Å². The Balaban J connectivity index is 1.14. The van der Waals surface area contributed by atoms with Gasteiger partial charge in [0.2, 0.25) is 0 Å². The minimum Gasteiger partial charge on any atom is -0.454 e. The summed E-state index contributed by atoms with van der Waals surface area (Å²) in [5.74, 6) is -0.395. The van der Waals surface area contributed by atoms with Gasteiger partial charge in [0, 0.05) is 57.1 Å². The maximum absolute atomic E-state index is 15.4. The van der Waals surface area contributed by atoms with Crippen LogP contribution < -0.4 is 16.2 Å². The zero-order valence-corrected chi connectivity index (χ0v) is 28.3. The summed E-state index contributed by atoms with van der Waals surface area (Å²) in [6.45, 7) is 9.80. The normalized spacial score (nSPS) is 19.7. The highest BCUT2D eigenvalue weighted by Crippen LogP contribution is 2.32. The van der Waals surface area contributed by atoms with Gasteiger partial charge in [-0.1, -0.05) is 18.2 Å². The van der Waals surface area contributed by atoms with Crippen molar-refractivity contribution in [3.63, 3.8) is 0 Å². The van der Waals surface area contributed by atoms with Crippen LogP contribution in [-0.4, -0.2) is 98.8 Å². The maximum atomic E-state index is 15.4. The van der Waals surface area contributed by atoms with Gasteiger partial charge in [-0.3, -0.25) is 23.7 Å². The van der Waals surface area contributed by atoms with Crippen molar-refractivity contribution in [2.24, 2.45) is 0 Å². The average molecular weight is 681 g/mol. The molecule has 0 bridgehead atoms. The van der Waals surface area contributed by atoms with E-state index in [4.69, 9.17) is 15.2 Å². The predicted molar refractivity (Wildman–Crippen MR) is 187 cm³/mol. The number of nitriles is 1. The van der Waals surface area contributed by atoms with Crippen LogP contribution in [0.5, 0.6) is 11.5 Å². The molecule has 50 heavy (non-hydrogen) atoms. The number of rotatable bonds is 8. The Labute approximate surface area is 289 Å². The molecule has 0 radical (unpaired) electrons. The monoisotopic (exact) mass is 680 g/mol. The Morgan fingerprint density at radius 1 is 1.08 bits per heavy atom. The second-order valence-corrected chi connectivity index (χ2v) is 13.7. The number of benzene rings is 2. The molecule has 3 saturated heterocycles. The molecule has 3 fully saturated rings. The largest absolute Gasteiger partial charge is 0.454 e. The number of ether oxygens (including phenoxy) is 2. The van der Waals surface area contributed by atoms with E-state index >= 15 is 4.39 Å². The molecule has 5 heterocycles. The Kier molecular flexibility index (Phi) is 9.17. The molecule has 0 aliphatic carbocycles. The minimum absolute atomic E-state index is 0.0137. The van der Waals surface area contributed by atoms with E-state index in [1.807, 2.05) is 19.9 Å². The molecule has 4 aromatic rings. The number of piperazine rings is 1. The van der Waals surface area contributed by atoms with E-state index in [2.05, 4.69) is 20.9 Å². The highest BCUT2D eigenvalue weighted by atomic mass is 19.1. The lowest BCUT2D eigenvalue weighted by Crippen LogP contribution is -2.59. The molecule has 1 atom stereocenters. The van der Waals surface area contributed by atoms with Crippen LogP contribution in [0.15, 0.2) is 77.2 Å². The van der Waals surface area contributed by atoms with Crippen LogP contribution >= 0.6 is 0 Å². The molecular formula is C37H41FN8O4. The predicted octanol–water partition coefficient (Wildman–Crippen LogP) is 4.11. The van der Waals surface area contributed by atoms with Crippen molar-refractivity contribution in [3.05, 3.63) is 88.7 Å². The summed E-state index contributed by atoms with van der Waals surface area (Å²) in [4.78, 5) is 38.8. The number of pyridine rings is 1. The number of nitrogen functional groups attached to an aromatic ring is 1. The first-order chi connectivity index (χ1) is 24.1. The standard InChI is InChI=1S/C37H41FN8O4/c1-37(2,44-17-15-42(16-18-44)28-23-49-24-28)20-25(21-39)35(47)43-14-6-7-27(22-43)45-31-12-13-41-34(40)33(31)46(36(45)48)26-10-11-32(30(38)19-26)50-29-8-4-3-5-9-29/h3-5,8-13,19-20,27-28H,6-7,14-18,22-24H2,1-2H3,(H2,40,41)/b25-20+. The number of hydrogen-bond acceptors (Lipinski definition) is 9. The first-order valence-corrected chi connectivity index (χ1v) is 17.0. The van der Waals surface area contributed by atoms with E-state index in [1.165, 1.54) is 22.9 Å². The van der Waals surface area contributed by atoms with Gasteiger partial charge in [0.25, 0.3) is 5.91 Å². The number of carbonyl (C=O) groups excluding carboxylic acids is 1. The number of anilines is 1. The Morgan fingerprint density at radius 2 is 1.84 bits per heavy atom. The highest BCUT2D eigenvalue weighted by Gasteiger charge is 2.35. The molecular weight excluding hydrogens is 639 g/mol. The smallest absolute Gasteiger partial charge is 0.334 e. The molecule has 1 unspecified atom stereocenters. The zero-order valence-electron chi connectivity index (χ0n) is 28.3. The van der Waals surface area contributed by atoms with Crippen LogP contribution in [0.25, 0.3) is 16.7 Å². The summed E-state index contributed by atoms with van der Waals surface area (Å²) in [7, 11) is 0. The lowest BCUT2D eigenvalue weighted by Gasteiger charge is -2.46. The third-order valence-corrected chi connectivity index (χ3v) is 10.1. The van der Waals surface area contributed by atoms with Crippen LogP contribution in [0.3, 0.4) is 0 Å². The summed E-state index contributed by atoms with van der Waals surface area (Å²) < 4.78 is 29.4. The number of amides is 1. The van der Waals surface area contributed by atoms with Gasteiger partial charge in [-0.05, 0) is 63.1 Å². The molecule has 2 N–H and O–H groups in total. The summed E-state index contributed by atoms with van der Waals surface area (Å²) in [5, 5.41) is 10.2. The Bertz CT molecular complexity index is 2020. The third kappa shape index (κ3) is 6.37. The topological polar surface area (TPSA) is 135 Å². The van der Waals surface area contributed by atoms with E-state index in [0.29, 0.717) is 42.2 Å². The molecule has 3 aliphatic rings. The van der Waals surface area contributed by atoms with Gasteiger partial charge in [0.05, 0.1) is 36.5 Å². The molecule has 0 saturated carbocycles. The van der Waals surface area contributed by atoms with Gasteiger partial charge in [0.1, 0.15) is 28.7 Å². The van der Waals surface area contributed by atoms with Crippen molar-refractivity contribution in [3.8, 4) is 23.3 Å². The van der Waals surface area contributed by atoms with Crippen molar-refractivity contribution in [1.29, 1.82) is 5.26 Å². The van der Waals surface area contributed by atoms with Crippen LogP contribution in [-0.2, 0) is 9.53 Å². The lowest BCUT2D eigenvalue weighted by molar-refractivity contribution is -0.128. The van der Waals surface area contributed by atoms with Crippen molar-refractivity contribution in [2.75, 3.05) is 58.2 Å². The van der Waals surface area contributed by atoms with Crippen molar-refractivity contribution in [2.45, 2.75) is 44.3 Å². The third-order valence-electron chi connectivity index (χ3n) is 10.1. The number of imidazole rings is 1. The minimum atomic E-state index is -0.648. The van der Waals surface area contributed by atoms with Gasteiger partial charge >= 0.3 is 5.69 Å². The second-order valence-electron chi connectivity index (χ2n) is 13.7. The SMILES string of the molecule is CC(C)(/C=C(\C#N)C(=O)N1CCCC(n2c(=O)n(-c3ccc(Oc4ccccc4)c(F)c3)c3c(N)nccc32)C1)N1CCN(C2COC2)CC1. The van der Waals surface area contributed by atoms with Gasteiger partial charge in [-0.15, -0.1) is 0 Å². The van der Waals surface area contributed by atoms with Crippen LogP contribution in [0.1, 0.15) is 32.7 Å². The molecule has 260 valence electrons. The van der Waals surface area contributed by atoms with Crippen molar-refractivity contribution >= 4 is 22.8 Å². The molecule has 2 aromatic heterocycles.